The summed E-state index contributed by atoms with van der Waals surface area (Å²) in [5.41, 5.74) is -0.0354. The number of carbonyl (C=O) groups is 1. The lowest BCUT2D eigenvalue weighted by molar-refractivity contribution is 0.0560. The van der Waals surface area contributed by atoms with Gasteiger partial charge in [0, 0.05) is 18.5 Å². The van der Waals surface area contributed by atoms with E-state index in [2.05, 4.69) is 25.8 Å². The van der Waals surface area contributed by atoms with Crippen LogP contribution in [0.5, 0.6) is 0 Å². The molecule has 2 N–H and O–H groups in total. The lowest BCUT2D eigenvalue weighted by Gasteiger charge is -2.01. The van der Waals surface area contributed by atoms with E-state index in [1.54, 1.807) is 6.20 Å². The first-order valence-electron chi connectivity index (χ1n) is 5.27. The average Bonchev–Trinajstić information content (AvgIpc) is 3.05. The third-order valence-electron chi connectivity index (χ3n) is 2.07. The zero-order valence-corrected chi connectivity index (χ0v) is 10.4. The lowest BCUT2D eigenvalue weighted by Crippen LogP contribution is -2.26. The quantitative estimate of drug-likeness (QED) is 0.609. The van der Waals surface area contributed by atoms with Gasteiger partial charge in [-0.1, -0.05) is 0 Å². The molecule has 7 nitrogen and oxygen atoms in total. The largest absolute Gasteiger partial charge is 0.350 e. The number of nitrogens with one attached hydrogen (secondary N) is 2. The van der Waals surface area contributed by atoms with Crippen molar-refractivity contribution in [2.24, 2.45) is 0 Å². The van der Waals surface area contributed by atoms with Crippen LogP contribution in [-0.2, 0) is 0 Å². The van der Waals surface area contributed by atoms with E-state index in [0.29, 0.717) is 17.0 Å². The number of halogens is 2. The molecule has 10 heteroatoms. The van der Waals surface area contributed by atoms with Crippen molar-refractivity contribution >= 4 is 17.7 Å². The predicted molar refractivity (Wildman–Crippen MR) is 62.9 cm³/mol. The Morgan fingerprint density at radius 2 is 2.42 bits per heavy atom. The van der Waals surface area contributed by atoms with Crippen molar-refractivity contribution < 1.29 is 13.6 Å². The normalized spacial score (nSPS) is 10.9. The van der Waals surface area contributed by atoms with E-state index in [-0.39, 0.29) is 5.69 Å². The molecule has 0 bridgehead atoms. The summed E-state index contributed by atoms with van der Waals surface area (Å²) in [6.45, 7) is -2.37. The molecule has 0 radical (unpaired) electrons. The van der Waals surface area contributed by atoms with Crippen LogP contribution >= 0.6 is 11.8 Å². The third kappa shape index (κ3) is 3.74. The minimum atomic E-state index is -2.75. The van der Waals surface area contributed by atoms with E-state index in [9.17, 15) is 13.6 Å². The molecule has 2 aromatic heterocycles. The van der Waals surface area contributed by atoms with Crippen molar-refractivity contribution in [3.63, 3.8) is 0 Å². The van der Waals surface area contributed by atoms with Gasteiger partial charge in [-0.15, -0.1) is 16.9 Å². The van der Waals surface area contributed by atoms with Crippen LogP contribution in [0.3, 0.4) is 0 Å². The van der Waals surface area contributed by atoms with E-state index < -0.39 is 12.5 Å². The second-order valence-electron chi connectivity index (χ2n) is 3.37. The van der Waals surface area contributed by atoms with Crippen LogP contribution in [0, 0.1) is 0 Å². The molecule has 1 amide bonds. The molecule has 2 aromatic rings. The molecule has 2 rings (SSSR count). The number of rotatable bonds is 6. The smallest absolute Gasteiger partial charge is 0.333 e. The maximum Gasteiger partial charge on any atom is 0.333 e. The molecule has 0 saturated carbocycles. The van der Waals surface area contributed by atoms with Gasteiger partial charge in [-0.05, 0) is 6.07 Å². The highest BCUT2D eigenvalue weighted by Gasteiger charge is 2.12. The van der Waals surface area contributed by atoms with E-state index in [1.165, 1.54) is 17.8 Å². The van der Waals surface area contributed by atoms with E-state index in [1.807, 2.05) is 0 Å². The highest BCUT2D eigenvalue weighted by molar-refractivity contribution is 7.99. The highest BCUT2D eigenvalue weighted by Crippen LogP contribution is 2.11. The molecular formula is C9H10F2N6OS. The van der Waals surface area contributed by atoms with Crippen molar-refractivity contribution in [1.29, 1.82) is 0 Å². The molecule has 19 heavy (non-hydrogen) atoms. The maximum absolute atomic E-state index is 12.3. The highest BCUT2D eigenvalue weighted by atomic mass is 32.2. The second-order valence-corrected chi connectivity index (χ2v) is 4.49. The first-order chi connectivity index (χ1) is 9.16. The molecule has 0 atom stereocenters. The van der Waals surface area contributed by atoms with Gasteiger partial charge in [0.25, 0.3) is 5.91 Å². The summed E-state index contributed by atoms with van der Waals surface area (Å²) in [4.78, 5) is 11.6. The molecule has 102 valence electrons. The maximum atomic E-state index is 12.3. The minimum Gasteiger partial charge on any atom is -0.350 e. The number of nitrogens with zero attached hydrogens (tertiary/aromatic N) is 4. The molecule has 0 fully saturated rings. The van der Waals surface area contributed by atoms with E-state index in [4.69, 9.17) is 0 Å². The lowest BCUT2D eigenvalue weighted by atomic mass is 10.4. The summed E-state index contributed by atoms with van der Waals surface area (Å²) in [6.07, 6.45) is 2.63. The summed E-state index contributed by atoms with van der Waals surface area (Å²) >= 11 is 1.41. The van der Waals surface area contributed by atoms with E-state index in [0.717, 1.165) is 11.2 Å². The summed E-state index contributed by atoms with van der Waals surface area (Å²) in [6, 6.07) is 1.24. The number of amides is 1. The Bertz CT molecular complexity index is 529. The van der Waals surface area contributed by atoms with Gasteiger partial charge in [-0.25, -0.2) is 4.68 Å². The molecule has 2 heterocycles. The Morgan fingerprint density at radius 3 is 3.05 bits per heavy atom. The van der Waals surface area contributed by atoms with Gasteiger partial charge in [0.2, 0.25) is 0 Å². The van der Waals surface area contributed by atoms with Crippen molar-refractivity contribution in [2.45, 2.75) is 11.6 Å². The number of carbonyl (C=O) groups excluding carboxylic acids is 1. The molecule has 0 aliphatic heterocycles. The Labute approximate surface area is 110 Å². The number of alkyl halides is 2. The third-order valence-corrected chi connectivity index (χ3v) is 2.97. The van der Waals surface area contributed by atoms with Gasteiger partial charge in [0.05, 0.1) is 6.20 Å². The standard InChI is InChI=1S/C9H10F2N6OS/c10-9(11)17-3-1-6(15-17)8(18)12-2-4-19-7-5-13-16-14-7/h1,3,5,9H,2,4H2,(H,12,18)(H,13,14,16). The van der Waals surface area contributed by atoms with Crippen LogP contribution in [0.15, 0.2) is 23.5 Å². The number of aromatic amines is 1. The van der Waals surface area contributed by atoms with Gasteiger partial charge in [-0.2, -0.15) is 24.2 Å². The minimum absolute atomic E-state index is 0.0354. The van der Waals surface area contributed by atoms with Gasteiger partial charge in [0.15, 0.2) is 0 Å². The SMILES string of the molecule is O=C(NCCSc1cn[nH]n1)c1ccn(C(F)F)n1. The van der Waals surface area contributed by atoms with Crippen LogP contribution in [-0.4, -0.2) is 43.4 Å². The van der Waals surface area contributed by atoms with Gasteiger partial charge < -0.3 is 5.32 Å². The summed E-state index contributed by atoms with van der Waals surface area (Å²) in [5.74, 6) is 0.105. The molecule has 0 saturated heterocycles. The molecule has 0 unspecified atom stereocenters. The second kappa shape index (κ2) is 6.27. The number of hydrogen-bond acceptors (Lipinski definition) is 5. The molecule has 0 spiro atoms. The van der Waals surface area contributed by atoms with E-state index >= 15 is 0 Å². The fourth-order valence-electron chi connectivity index (χ4n) is 1.24. The average molecular weight is 288 g/mol. The summed E-state index contributed by atoms with van der Waals surface area (Å²) in [5, 5.41) is 16.7. The Hall–Kier alpha value is -1.97. The fourth-order valence-corrected chi connectivity index (χ4v) is 1.89. The summed E-state index contributed by atoms with van der Waals surface area (Å²) in [7, 11) is 0. The Kier molecular flexibility index (Phi) is 4.44. The fraction of sp³-hybridized carbons (Fsp3) is 0.333. The van der Waals surface area contributed by atoms with Crippen molar-refractivity contribution in [1.82, 2.24) is 30.5 Å². The van der Waals surface area contributed by atoms with Gasteiger partial charge in [0.1, 0.15) is 10.7 Å². The predicted octanol–water partition coefficient (Wildman–Crippen LogP) is 0.918. The molecule has 0 aromatic carbocycles. The van der Waals surface area contributed by atoms with Crippen molar-refractivity contribution in [2.75, 3.05) is 12.3 Å². The number of H-pyrrole nitrogens is 1. The molecule has 0 aliphatic rings. The van der Waals surface area contributed by atoms with Crippen LogP contribution in [0.4, 0.5) is 8.78 Å². The first-order valence-corrected chi connectivity index (χ1v) is 6.25. The number of aromatic nitrogens is 5. The zero-order valence-electron chi connectivity index (χ0n) is 9.58. The zero-order chi connectivity index (χ0) is 13.7. The van der Waals surface area contributed by atoms with Crippen molar-refractivity contribution in [3.05, 3.63) is 24.2 Å². The number of thioether (sulfide) groups is 1. The van der Waals surface area contributed by atoms with Gasteiger partial charge in [-0.3, -0.25) is 4.79 Å². The van der Waals surface area contributed by atoms with Crippen LogP contribution in [0.1, 0.15) is 17.0 Å². The Morgan fingerprint density at radius 1 is 1.58 bits per heavy atom. The summed E-state index contributed by atoms with van der Waals surface area (Å²) < 4.78 is 24.9. The molecule has 0 aliphatic carbocycles. The number of hydrogen-bond donors (Lipinski definition) is 2. The monoisotopic (exact) mass is 288 g/mol. The van der Waals surface area contributed by atoms with Crippen LogP contribution in [0.25, 0.3) is 0 Å². The van der Waals surface area contributed by atoms with Crippen LogP contribution in [0.2, 0.25) is 0 Å². The van der Waals surface area contributed by atoms with Crippen LogP contribution < -0.4 is 5.32 Å². The Balaban J connectivity index is 1.74. The van der Waals surface area contributed by atoms with Crippen molar-refractivity contribution in [3.8, 4) is 0 Å². The van der Waals surface area contributed by atoms with Gasteiger partial charge >= 0.3 is 6.55 Å². The topological polar surface area (TPSA) is 88.5 Å². The molecular weight excluding hydrogens is 278 g/mol. The first kappa shape index (κ1) is 13.5.